The minimum absolute atomic E-state index is 0.0464. The van der Waals surface area contributed by atoms with Crippen LogP contribution in [0.3, 0.4) is 0 Å². The van der Waals surface area contributed by atoms with Crippen LogP contribution < -0.4 is 5.32 Å². The Morgan fingerprint density at radius 3 is 2.38 bits per heavy atom. The van der Waals surface area contributed by atoms with Crippen molar-refractivity contribution in [2.24, 2.45) is 0 Å². The maximum absolute atomic E-state index is 5.12. The highest BCUT2D eigenvalue weighted by atomic mass is 16.5. The summed E-state index contributed by atoms with van der Waals surface area (Å²) in [6.07, 6.45) is 0. The Balaban J connectivity index is 2.87. The lowest BCUT2D eigenvalue weighted by atomic mass is 9.96. The fourth-order valence-corrected chi connectivity index (χ4v) is 0.839. The molecular formula is C9H17N3O. The Kier molecular flexibility index (Phi) is 2.71. The molecule has 1 aromatic rings. The lowest BCUT2D eigenvalue weighted by Crippen LogP contribution is -2.15. The molecule has 4 nitrogen and oxygen atoms in total. The van der Waals surface area contributed by atoms with E-state index < -0.39 is 0 Å². The van der Waals surface area contributed by atoms with Crippen molar-refractivity contribution in [2.45, 2.75) is 39.2 Å². The molecule has 13 heavy (non-hydrogen) atoms. The van der Waals surface area contributed by atoms with Gasteiger partial charge in [-0.2, -0.15) is 4.98 Å². The number of hydrogen-bond acceptors (Lipinski definition) is 4. The molecule has 0 saturated heterocycles. The van der Waals surface area contributed by atoms with E-state index in [9.17, 15) is 0 Å². The van der Waals surface area contributed by atoms with Crippen LogP contribution in [0.2, 0.25) is 0 Å². The summed E-state index contributed by atoms with van der Waals surface area (Å²) in [6, 6.07) is 0.114. The van der Waals surface area contributed by atoms with Crippen LogP contribution in [0.25, 0.3) is 0 Å². The zero-order valence-corrected chi connectivity index (χ0v) is 8.88. The quantitative estimate of drug-likeness (QED) is 0.757. The maximum Gasteiger partial charge on any atom is 0.243 e. The predicted molar refractivity (Wildman–Crippen MR) is 50.5 cm³/mol. The molecule has 0 spiro atoms. The highest BCUT2D eigenvalue weighted by Gasteiger charge is 2.22. The second-order valence-corrected chi connectivity index (χ2v) is 4.22. The van der Waals surface area contributed by atoms with Crippen LogP contribution in [0.5, 0.6) is 0 Å². The molecule has 0 fully saturated rings. The summed E-state index contributed by atoms with van der Waals surface area (Å²) in [4.78, 5) is 4.31. The van der Waals surface area contributed by atoms with Gasteiger partial charge in [-0.15, -0.1) is 0 Å². The summed E-state index contributed by atoms with van der Waals surface area (Å²) >= 11 is 0. The first-order chi connectivity index (χ1) is 5.95. The van der Waals surface area contributed by atoms with Crippen LogP contribution >= 0.6 is 0 Å². The van der Waals surface area contributed by atoms with Gasteiger partial charge in [0, 0.05) is 5.41 Å². The molecular weight excluding hydrogens is 166 g/mol. The smallest absolute Gasteiger partial charge is 0.243 e. The highest BCUT2D eigenvalue weighted by Crippen LogP contribution is 2.20. The summed E-state index contributed by atoms with van der Waals surface area (Å²) < 4.78 is 5.12. The highest BCUT2D eigenvalue weighted by molar-refractivity contribution is 5.01. The van der Waals surface area contributed by atoms with E-state index in [0.29, 0.717) is 5.89 Å². The molecule has 1 N–H and O–H groups in total. The van der Waals surface area contributed by atoms with Crippen molar-refractivity contribution in [3.63, 3.8) is 0 Å². The first-order valence-electron chi connectivity index (χ1n) is 4.46. The molecule has 0 radical (unpaired) electrons. The van der Waals surface area contributed by atoms with E-state index >= 15 is 0 Å². The SMILES string of the molecule is CNC(C)c1nc(C(C)(C)C)no1. The zero-order chi connectivity index (χ0) is 10.1. The summed E-state index contributed by atoms with van der Waals surface area (Å²) in [7, 11) is 1.87. The Labute approximate surface area is 78.7 Å². The minimum Gasteiger partial charge on any atom is -0.338 e. The zero-order valence-electron chi connectivity index (χ0n) is 8.88. The second-order valence-electron chi connectivity index (χ2n) is 4.22. The van der Waals surface area contributed by atoms with Crippen molar-refractivity contribution in [3.05, 3.63) is 11.7 Å². The third-order valence-corrected chi connectivity index (χ3v) is 1.92. The van der Waals surface area contributed by atoms with E-state index in [1.54, 1.807) is 0 Å². The predicted octanol–water partition coefficient (Wildman–Crippen LogP) is 1.65. The molecule has 0 aliphatic heterocycles. The molecule has 0 aliphatic carbocycles. The Morgan fingerprint density at radius 1 is 1.38 bits per heavy atom. The van der Waals surface area contributed by atoms with Gasteiger partial charge in [0.1, 0.15) is 0 Å². The topological polar surface area (TPSA) is 51.0 Å². The molecule has 0 amide bonds. The first kappa shape index (κ1) is 10.2. The average Bonchev–Trinajstić information content (AvgIpc) is 2.50. The largest absolute Gasteiger partial charge is 0.338 e. The Bertz CT molecular complexity index is 275. The van der Waals surface area contributed by atoms with Crippen LogP contribution in [-0.4, -0.2) is 17.2 Å². The van der Waals surface area contributed by atoms with Gasteiger partial charge < -0.3 is 9.84 Å². The third kappa shape index (κ3) is 2.28. The van der Waals surface area contributed by atoms with Gasteiger partial charge in [0.2, 0.25) is 5.89 Å². The molecule has 0 bridgehead atoms. The van der Waals surface area contributed by atoms with E-state index in [1.165, 1.54) is 0 Å². The second kappa shape index (κ2) is 3.46. The van der Waals surface area contributed by atoms with Gasteiger partial charge in [-0.1, -0.05) is 25.9 Å². The molecule has 1 heterocycles. The molecule has 0 aliphatic rings. The summed E-state index contributed by atoms with van der Waals surface area (Å²) in [5.41, 5.74) is -0.0464. The van der Waals surface area contributed by atoms with Crippen molar-refractivity contribution >= 4 is 0 Å². The van der Waals surface area contributed by atoms with Crippen LogP contribution in [0.4, 0.5) is 0 Å². The fraction of sp³-hybridized carbons (Fsp3) is 0.778. The minimum atomic E-state index is -0.0464. The number of nitrogens with one attached hydrogen (secondary N) is 1. The van der Waals surface area contributed by atoms with Crippen LogP contribution in [-0.2, 0) is 5.41 Å². The lowest BCUT2D eigenvalue weighted by Gasteiger charge is -2.11. The summed E-state index contributed by atoms with van der Waals surface area (Å²) in [5, 5.41) is 6.98. The molecule has 4 heteroatoms. The summed E-state index contributed by atoms with van der Waals surface area (Å²) in [6.45, 7) is 8.17. The maximum atomic E-state index is 5.12. The number of rotatable bonds is 2. The average molecular weight is 183 g/mol. The van der Waals surface area contributed by atoms with E-state index in [0.717, 1.165) is 5.82 Å². The number of nitrogens with zero attached hydrogens (tertiary/aromatic N) is 2. The van der Waals surface area contributed by atoms with Gasteiger partial charge in [0.25, 0.3) is 0 Å². The van der Waals surface area contributed by atoms with Crippen LogP contribution in [0.15, 0.2) is 4.52 Å². The van der Waals surface area contributed by atoms with Gasteiger partial charge in [-0.25, -0.2) is 0 Å². The van der Waals surface area contributed by atoms with Gasteiger partial charge in [0.15, 0.2) is 5.82 Å². The van der Waals surface area contributed by atoms with Crippen LogP contribution in [0, 0.1) is 0 Å². The number of aromatic nitrogens is 2. The summed E-state index contributed by atoms with van der Waals surface area (Å²) in [5.74, 6) is 1.40. The van der Waals surface area contributed by atoms with Gasteiger partial charge in [-0.05, 0) is 14.0 Å². The van der Waals surface area contributed by atoms with E-state index in [2.05, 4.69) is 36.2 Å². The van der Waals surface area contributed by atoms with Crippen molar-refractivity contribution in [1.29, 1.82) is 0 Å². The molecule has 1 atom stereocenters. The number of hydrogen-bond donors (Lipinski definition) is 1. The van der Waals surface area contributed by atoms with Crippen molar-refractivity contribution < 1.29 is 4.52 Å². The van der Waals surface area contributed by atoms with E-state index in [4.69, 9.17) is 4.52 Å². The van der Waals surface area contributed by atoms with Crippen molar-refractivity contribution in [1.82, 2.24) is 15.5 Å². The Morgan fingerprint density at radius 2 is 2.00 bits per heavy atom. The van der Waals surface area contributed by atoms with Crippen molar-refractivity contribution in [3.8, 4) is 0 Å². The molecule has 0 aromatic carbocycles. The van der Waals surface area contributed by atoms with Gasteiger partial charge >= 0.3 is 0 Å². The van der Waals surface area contributed by atoms with E-state index in [-0.39, 0.29) is 11.5 Å². The fourth-order valence-electron chi connectivity index (χ4n) is 0.839. The van der Waals surface area contributed by atoms with E-state index in [1.807, 2.05) is 14.0 Å². The molecule has 74 valence electrons. The van der Waals surface area contributed by atoms with Gasteiger partial charge in [0.05, 0.1) is 6.04 Å². The molecule has 1 rings (SSSR count). The van der Waals surface area contributed by atoms with Gasteiger partial charge in [-0.3, -0.25) is 0 Å². The van der Waals surface area contributed by atoms with Crippen molar-refractivity contribution in [2.75, 3.05) is 7.05 Å². The lowest BCUT2D eigenvalue weighted by molar-refractivity contribution is 0.337. The Hall–Kier alpha value is -0.900. The monoisotopic (exact) mass is 183 g/mol. The normalized spacial score (nSPS) is 14.5. The standard InChI is InChI=1S/C9H17N3O/c1-6(10-5)7-11-8(12-13-7)9(2,3)4/h6,10H,1-5H3. The first-order valence-corrected chi connectivity index (χ1v) is 4.46. The molecule has 1 unspecified atom stereocenters. The van der Waals surface area contributed by atoms with Crippen LogP contribution in [0.1, 0.15) is 45.5 Å². The molecule has 0 saturated carbocycles. The third-order valence-electron chi connectivity index (χ3n) is 1.92. The molecule has 1 aromatic heterocycles.